The number of rotatable bonds is 4. The summed E-state index contributed by atoms with van der Waals surface area (Å²) >= 11 is 0. The average molecular weight is 259 g/mol. The minimum atomic E-state index is 0.260. The number of aromatic nitrogens is 4. The van der Waals surface area contributed by atoms with Crippen molar-refractivity contribution in [3.8, 4) is 11.4 Å². The fourth-order valence-electron chi connectivity index (χ4n) is 2.11. The summed E-state index contributed by atoms with van der Waals surface area (Å²) < 4.78 is 1.90. The van der Waals surface area contributed by atoms with Crippen molar-refractivity contribution in [1.29, 1.82) is 0 Å². The number of benzene rings is 1. The predicted octanol–water partition coefficient (Wildman–Crippen LogP) is 2.84. The van der Waals surface area contributed by atoms with Crippen LogP contribution in [0.1, 0.15) is 38.8 Å². The third-order valence-corrected chi connectivity index (χ3v) is 3.85. The van der Waals surface area contributed by atoms with E-state index in [4.69, 9.17) is 5.73 Å². The normalized spacial score (nSPS) is 14.3. The number of nitrogens with zero attached hydrogens (tertiary/aromatic N) is 4. The van der Waals surface area contributed by atoms with E-state index in [1.165, 1.54) is 0 Å². The Morgan fingerprint density at radius 3 is 2.74 bits per heavy atom. The van der Waals surface area contributed by atoms with Gasteiger partial charge in [-0.05, 0) is 47.9 Å². The van der Waals surface area contributed by atoms with Crippen molar-refractivity contribution in [3.05, 3.63) is 23.8 Å². The summed E-state index contributed by atoms with van der Waals surface area (Å²) in [5, 5.41) is 12.1. The summed E-state index contributed by atoms with van der Waals surface area (Å²) in [6, 6.07) is 6.08. The number of hydrogen-bond acceptors (Lipinski definition) is 4. The van der Waals surface area contributed by atoms with Gasteiger partial charge in [0.05, 0.1) is 6.04 Å². The van der Waals surface area contributed by atoms with Gasteiger partial charge in [0.2, 0.25) is 0 Å². The van der Waals surface area contributed by atoms with E-state index in [9.17, 15) is 0 Å². The molecule has 2 unspecified atom stereocenters. The van der Waals surface area contributed by atoms with Crippen LogP contribution in [0.25, 0.3) is 11.4 Å². The van der Waals surface area contributed by atoms with E-state index in [1.807, 2.05) is 29.8 Å². The van der Waals surface area contributed by atoms with Gasteiger partial charge in [0, 0.05) is 11.3 Å². The van der Waals surface area contributed by atoms with Gasteiger partial charge in [-0.1, -0.05) is 26.3 Å². The number of hydrogen-bond donors (Lipinski definition) is 1. The Hall–Kier alpha value is -1.91. The molecule has 1 heterocycles. The lowest BCUT2D eigenvalue weighted by atomic mass is 10.0. The van der Waals surface area contributed by atoms with E-state index < -0.39 is 0 Å². The number of tetrazole rings is 1. The summed E-state index contributed by atoms with van der Waals surface area (Å²) in [6.45, 7) is 8.58. The van der Waals surface area contributed by atoms with Gasteiger partial charge in [-0.25, -0.2) is 4.68 Å². The molecule has 1 aromatic heterocycles. The first-order valence-corrected chi connectivity index (χ1v) is 6.69. The molecule has 2 rings (SSSR count). The van der Waals surface area contributed by atoms with Crippen LogP contribution in [0, 0.1) is 12.8 Å². The molecule has 5 heteroatoms. The highest BCUT2D eigenvalue weighted by Gasteiger charge is 2.19. The molecular weight excluding hydrogens is 238 g/mol. The summed E-state index contributed by atoms with van der Waals surface area (Å²) in [5.41, 5.74) is 8.72. The predicted molar refractivity (Wildman–Crippen MR) is 76.6 cm³/mol. The van der Waals surface area contributed by atoms with Crippen LogP contribution in [-0.4, -0.2) is 20.2 Å². The molecule has 2 atom stereocenters. The number of nitrogens with two attached hydrogens (primary N) is 1. The minimum absolute atomic E-state index is 0.260. The van der Waals surface area contributed by atoms with Crippen molar-refractivity contribution in [2.45, 2.75) is 40.2 Å². The average Bonchev–Trinajstić information content (AvgIpc) is 2.88. The molecule has 0 bridgehead atoms. The fraction of sp³-hybridized carbons (Fsp3) is 0.500. The monoisotopic (exact) mass is 259 g/mol. The zero-order valence-corrected chi connectivity index (χ0v) is 12.0. The molecule has 0 saturated heterocycles. The number of anilines is 1. The Morgan fingerprint density at radius 1 is 1.32 bits per heavy atom. The maximum atomic E-state index is 5.87. The van der Waals surface area contributed by atoms with Gasteiger partial charge in [-0.3, -0.25) is 0 Å². The molecule has 0 spiro atoms. The molecule has 102 valence electrons. The molecule has 0 aliphatic carbocycles. The van der Waals surface area contributed by atoms with Gasteiger partial charge in [-0.2, -0.15) is 0 Å². The first-order valence-electron chi connectivity index (χ1n) is 6.69. The van der Waals surface area contributed by atoms with Crippen molar-refractivity contribution >= 4 is 5.69 Å². The molecular formula is C14H21N5. The molecule has 19 heavy (non-hydrogen) atoms. The zero-order chi connectivity index (χ0) is 14.0. The minimum Gasteiger partial charge on any atom is -0.399 e. The summed E-state index contributed by atoms with van der Waals surface area (Å²) in [4.78, 5) is 0. The first-order chi connectivity index (χ1) is 9.04. The van der Waals surface area contributed by atoms with Crippen molar-refractivity contribution in [2.75, 3.05) is 5.73 Å². The van der Waals surface area contributed by atoms with Crippen LogP contribution in [-0.2, 0) is 0 Å². The topological polar surface area (TPSA) is 69.6 Å². The van der Waals surface area contributed by atoms with Gasteiger partial charge in [0.1, 0.15) is 0 Å². The lowest BCUT2D eigenvalue weighted by Gasteiger charge is -2.19. The Morgan fingerprint density at radius 2 is 2.05 bits per heavy atom. The number of aryl methyl sites for hydroxylation is 1. The molecule has 5 nitrogen and oxygen atoms in total. The van der Waals surface area contributed by atoms with E-state index in [0.717, 1.165) is 29.1 Å². The van der Waals surface area contributed by atoms with Crippen molar-refractivity contribution in [2.24, 2.45) is 5.92 Å². The van der Waals surface area contributed by atoms with Crippen molar-refractivity contribution in [1.82, 2.24) is 20.2 Å². The third-order valence-electron chi connectivity index (χ3n) is 3.85. The Kier molecular flexibility index (Phi) is 3.83. The summed E-state index contributed by atoms with van der Waals surface area (Å²) in [5.74, 6) is 1.31. The van der Waals surface area contributed by atoms with Crippen LogP contribution in [0.4, 0.5) is 5.69 Å². The molecule has 1 aromatic carbocycles. The molecule has 0 fully saturated rings. The Balaban J connectivity index is 2.47. The molecule has 0 saturated carbocycles. The molecule has 2 aromatic rings. The number of nitrogen functional groups attached to an aromatic ring is 1. The van der Waals surface area contributed by atoms with Crippen molar-refractivity contribution < 1.29 is 0 Å². The van der Waals surface area contributed by atoms with Crippen LogP contribution in [0.15, 0.2) is 18.2 Å². The molecule has 0 aliphatic rings. The Bertz CT molecular complexity index is 561. The molecule has 0 aliphatic heterocycles. The van der Waals surface area contributed by atoms with Crippen LogP contribution < -0.4 is 5.73 Å². The maximum Gasteiger partial charge on any atom is 0.182 e. The van der Waals surface area contributed by atoms with Crippen LogP contribution in [0.2, 0.25) is 0 Å². The zero-order valence-electron chi connectivity index (χ0n) is 12.0. The second kappa shape index (κ2) is 5.38. The van der Waals surface area contributed by atoms with Gasteiger partial charge >= 0.3 is 0 Å². The Labute approximate surface area is 113 Å². The highest BCUT2D eigenvalue weighted by atomic mass is 15.5. The van der Waals surface area contributed by atoms with E-state index in [1.54, 1.807) is 0 Å². The molecule has 0 radical (unpaired) electrons. The first kappa shape index (κ1) is 13.5. The highest BCUT2D eigenvalue weighted by Crippen LogP contribution is 2.28. The lowest BCUT2D eigenvalue weighted by Crippen LogP contribution is -2.16. The van der Waals surface area contributed by atoms with Gasteiger partial charge in [0.25, 0.3) is 0 Å². The van der Waals surface area contributed by atoms with E-state index in [0.29, 0.717) is 5.92 Å². The quantitative estimate of drug-likeness (QED) is 0.857. The van der Waals surface area contributed by atoms with Crippen LogP contribution in [0.3, 0.4) is 0 Å². The van der Waals surface area contributed by atoms with Crippen LogP contribution in [0.5, 0.6) is 0 Å². The second-order valence-corrected chi connectivity index (χ2v) is 5.15. The van der Waals surface area contributed by atoms with Gasteiger partial charge in [0.15, 0.2) is 5.82 Å². The van der Waals surface area contributed by atoms with Crippen molar-refractivity contribution in [3.63, 3.8) is 0 Å². The van der Waals surface area contributed by atoms with Gasteiger partial charge < -0.3 is 5.73 Å². The highest BCUT2D eigenvalue weighted by molar-refractivity contribution is 5.65. The van der Waals surface area contributed by atoms with E-state index in [-0.39, 0.29) is 6.04 Å². The lowest BCUT2D eigenvalue weighted by molar-refractivity contribution is 0.340. The van der Waals surface area contributed by atoms with E-state index >= 15 is 0 Å². The SMILES string of the molecule is CCC(C)C(C)n1nnnc1-c1cc(N)ccc1C. The fourth-order valence-corrected chi connectivity index (χ4v) is 2.11. The largest absolute Gasteiger partial charge is 0.399 e. The third kappa shape index (κ3) is 2.59. The second-order valence-electron chi connectivity index (χ2n) is 5.15. The molecule has 0 amide bonds. The van der Waals surface area contributed by atoms with Gasteiger partial charge in [-0.15, -0.1) is 5.10 Å². The molecule has 2 N–H and O–H groups in total. The maximum absolute atomic E-state index is 5.87. The summed E-state index contributed by atoms with van der Waals surface area (Å²) in [7, 11) is 0. The van der Waals surface area contributed by atoms with Crippen LogP contribution >= 0.6 is 0 Å². The van der Waals surface area contributed by atoms with E-state index in [2.05, 4.69) is 36.3 Å². The standard InChI is InChI=1S/C14H21N5/c1-5-9(2)11(4)19-14(16-17-18-19)13-8-12(15)7-6-10(13)3/h6-9,11H,5,15H2,1-4H3. The smallest absolute Gasteiger partial charge is 0.182 e. The summed E-state index contributed by atoms with van der Waals surface area (Å²) in [6.07, 6.45) is 1.09.